The van der Waals surface area contributed by atoms with E-state index in [1.807, 2.05) is 13.0 Å². The zero-order chi connectivity index (χ0) is 16.6. The Bertz CT molecular complexity index is 634. The van der Waals surface area contributed by atoms with Crippen molar-refractivity contribution in [3.63, 3.8) is 0 Å². The molecule has 2 nitrogen and oxygen atoms in total. The molecule has 134 valence electrons. The predicted octanol–water partition coefficient (Wildman–Crippen LogP) is 5.40. The van der Waals surface area contributed by atoms with Gasteiger partial charge in [0.05, 0.1) is 6.61 Å². The number of rotatable bonds is 6. The number of allylic oxidation sites excluding steroid dienone is 1. The van der Waals surface area contributed by atoms with E-state index in [1.165, 1.54) is 37.1 Å². The van der Waals surface area contributed by atoms with Crippen molar-refractivity contribution in [1.82, 2.24) is 4.90 Å². The largest absolute Gasteiger partial charge is 0.493 e. The third-order valence-electron chi connectivity index (χ3n) is 4.75. The van der Waals surface area contributed by atoms with Crippen molar-refractivity contribution < 1.29 is 4.74 Å². The number of nitrogens with zero attached hydrogens (tertiary/aromatic N) is 1. The first-order valence-electron chi connectivity index (χ1n) is 8.96. The van der Waals surface area contributed by atoms with Gasteiger partial charge in [0.2, 0.25) is 0 Å². The third-order valence-corrected chi connectivity index (χ3v) is 4.75. The molecular formula is C22H28ClNO. The van der Waals surface area contributed by atoms with Gasteiger partial charge in [-0.3, -0.25) is 4.90 Å². The molecule has 0 amide bonds. The summed E-state index contributed by atoms with van der Waals surface area (Å²) in [6.45, 7) is 6.27. The number of hydrogen-bond acceptors (Lipinski definition) is 2. The van der Waals surface area contributed by atoms with Crippen molar-refractivity contribution in [2.24, 2.45) is 5.92 Å². The summed E-state index contributed by atoms with van der Waals surface area (Å²) < 4.78 is 6.11. The normalized spacial score (nSPS) is 16.3. The van der Waals surface area contributed by atoms with E-state index in [2.05, 4.69) is 65.6 Å². The van der Waals surface area contributed by atoms with Crippen molar-refractivity contribution in [3.05, 3.63) is 77.9 Å². The van der Waals surface area contributed by atoms with E-state index in [0.29, 0.717) is 5.92 Å². The smallest absolute Gasteiger partial charge is 0.122 e. The van der Waals surface area contributed by atoms with Gasteiger partial charge < -0.3 is 4.74 Å². The lowest BCUT2D eigenvalue weighted by atomic mass is 9.97. The van der Waals surface area contributed by atoms with Crippen LogP contribution in [0.4, 0.5) is 0 Å². The van der Waals surface area contributed by atoms with Crippen molar-refractivity contribution in [2.45, 2.75) is 26.3 Å². The first-order chi connectivity index (χ1) is 11.8. The van der Waals surface area contributed by atoms with E-state index in [1.54, 1.807) is 0 Å². The van der Waals surface area contributed by atoms with E-state index in [4.69, 9.17) is 4.74 Å². The molecule has 1 saturated heterocycles. The minimum absolute atomic E-state index is 0. The Morgan fingerprint density at radius 2 is 1.60 bits per heavy atom. The highest BCUT2D eigenvalue weighted by Gasteiger charge is 2.20. The maximum Gasteiger partial charge on any atom is 0.122 e. The van der Waals surface area contributed by atoms with Gasteiger partial charge in [-0.25, -0.2) is 0 Å². The Labute approximate surface area is 157 Å². The summed E-state index contributed by atoms with van der Waals surface area (Å²) in [5.41, 5.74) is 2.58. The molecule has 0 spiro atoms. The van der Waals surface area contributed by atoms with Crippen LogP contribution in [-0.2, 0) is 11.3 Å². The molecule has 3 heteroatoms. The molecule has 3 rings (SSSR count). The van der Waals surface area contributed by atoms with Gasteiger partial charge in [-0.05, 0) is 50.4 Å². The second-order valence-electron chi connectivity index (χ2n) is 6.54. The van der Waals surface area contributed by atoms with Gasteiger partial charge >= 0.3 is 0 Å². The maximum atomic E-state index is 6.11. The average molecular weight is 358 g/mol. The molecule has 1 aliphatic rings. The highest BCUT2D eigenvalue weighted by atomic mass is 35.5. The molecule has 1 fully saturated rings. The van der Waals surface area contributed by atoms with Crippen LogP contribution in [0.1, 0.15) is 30.9 Å². The van der Waals surface area contributed by atoms with Crippen LogP contribution in [0.5, 0.6) is 0 Å². The number of likely N-dealkylation sites (tertiary alicyclic amines) is 1. The fourth-order valence-corrected chi connectivity index (χ4v) is 3.30. The number of halogens is 1. The van der Waals surface area contributed by atoms with Crippen molar-refractivity contribution in [1.29, 1.82) is 0 Å². The van der Waals surface area contributed by atoms with Gasteiger partial charge in [-0.15, -0.1) is 12.4 Å². The minimum Gasteiger partial charge on any atom is -0.493 e. The van der Waals surface area contributed by atoms with E-state index in [-0.39, 0.29) is 12.4 Å². The lowest BCUT2D eigenvalue weighted by Crippen LogP contribution is -2.34. The molecule has 0 unspecified atom stereocenters. The highest BCUT2D eigenvalue weighted by molar-refractivity contribution is 5.85. The SMILES string of the molecule is C/C=C(\OCC1CCN(Cc2ccccc2)CC1)c1ccccc1.Cl. The fraction of sp³-hybridized carbons (Fsp3) is 0.364. The Hall–Kier alpha value is -1.77. The number of piperidine rings is 1. The molecule has 0 aromatic heterocycles. The van der Waals surface area contributed by atoms with Crippen LogP contribution >= 0.6 is 12.4 Å². The summed E-state index contributed by atoms with van der Waals surface area (Å²) in [6.07, 6.45) is 4.51. The van der Waals surface area contributed by atoms with E-state index in [0.717, 1.165) is 18.9 Å². The Kier molecular flexibility index (Phi) is 8.03. The van der Waals surface area contributed by atoms with Crippen LogP contribution in [0.3, 0.4) is 0 Å². The molecule has 0 N–H and O–H groups in total. The van der Waals surface area contributed by atoms with Gasteiger partial charge in [0.1, 0.15) is 5.76 Å². The summed E-state index contributed by atoms with van der Waals surface area (Å²) in [7, 11) is 0. The third kappa shape index (κ3) is 5.91. The molecular weight excluding hydrogens is 330 g/mol. The molecule has 0 atom stereocenters. The molecule has 1 heterocycles. The van der Waals surface area contributed by atoms with Gasteiger partial charge in [0.25, 0.3) is 0 Å². The second kappa shape index (κ2) is 10.3. The summed E-state index contributed by atoms with van der Waals surface area (Å²) in [5, 5.41) is 0. The van der Waals surface area contributed by atoms with Crippen LogP contribution in [0.2, 0.25) is 0 Å². The average Bonchev–Trinajstić information content (AvgIpc) is 2.65. The standard InChI is InChI=1S/C22H27NO.ClH/c1-2-22(21-11-7-4-8-12-21)24-18-20-13-15-23(16-14-20)17-19-9-5-3-6-10-19;/h2-12,20H,13-18H2,1H3;1H/b22-2-;. The monoisotopic (exact) mass is 357 g/mol. The van der Waals surface area contributed by atoms with Crippen LogP contribution in [0.25, 0.3) is 5.76 Å². The van der Waals surface area contributed by atoms with Crippen molar-refractivity contribution in [3.8, 4) is 0 Å². The molecule has 25 heavy (non-hydrogen) atoms. The first kappa shape index (κ1) is 19.6. The lowest BCUT2D eigenvalue weighted by molar-refractivity contribution is 0.125. The minimum atomic E-state index is 0. The number of benzene rings is 2. The van der Waals surface area contributed by atoms with Crippen molar-refractivity contribution in [2.75, 3.05) is 19.7 Å². The molecule has 0 aliphatic carbocycles. The van der Waals surface area contributed by atoms with E-state index in [9.17, 15) is 0 Å². The van der Waals surface area contributed by atoms with Crippen LogP contribution in [0, 0.1) is 5.92 Å². The number of hydrogen-bond donors (Lipinski definition) is 0. The van der Waals surface area contributed by atoms with Crippen LogP contribution < -0.4 is 0 Å². The summed E-state index contributed by atoms with van der Waals surface area (Å²) in [5.74, 6) is 1.66. The molecule has 0 radical (unpaired) electrons. The molecule has 2 aromatic rings. The van der Waals surface area contributed by atoms with Crippen LogP contribution in [-0.4, -0.2) is 24.6 Å². The fourth-order valence-electron chi connectivity index (χ4n) is 3.30. The maximum absolute atomic E-state index is 6.11. The topological polar surface area (TPSA) is 12.5 Å². The Morgan fingerprint density at radius 1 is 1.00 bits per heavy atom. The van der Waals surface area contributed by atoms with Gasteiger partial charge in [0.15, 0.2) is 0 Å². The lowest BCUT2D eigenvalue weighted by Gasteiger charge is -2.32. The Morgan fingerprint density at radius 3 is 2.20 bits per heavy atom. The predicted molar refractivity (Wildman–Crippen MR) is 108 cm³/mol. The van der Waals surface area contributed by atoms with Crippen LogP contribution in [0.15, 0.2) is 66.7 Å². The van der Waals surface area contributed by atoms with E-state index >= 15 is 0 Å². The Balaban J connectivity index is 0.00000225. The quantitative estimate of drug-likeness (QED) is 0.642. The summed E-state index contributed by atoms with van der Waals surface area (Å²) in [6, 6.07) is 21.1. The summed E-state index contributed by atoms with van der Waals surface area (Å²) in [4.78, 5) is 2.56. The van der Waals surface area contributed by atoms with Gasteiger partial charge in [-0.1, -0.05) is 60.7 Å². The van der Waals surface area contributed by atoms with Gasteiger partial charge in [0, 0.05) is 12.1 Å². The highest BCUT2D eigenvalue weighted by Crippen LogP contribution is 2.22. The zero-order valence-electron chi connectivity index (χ0n) is 14.9. The van der Waals surface area contributed by atoms with Gasteiger partial charge in [-0.2, -0.15) is 0 Å². The molecule has 0 bridgehead atoms. The van der Waals surface area contributed by atoms with Crippen molar-refractivity contribution >= 4 is 18.2 Å². The zero-order valence-corrected chi connectivity index (χ0v) is 15.8. The molecule has 2 aromatic carbocycles. The first-order valence-corrected chi connectivity index (χ1v) is 8.96. The molecule has 0 saturated carbocycles. The second-order valence-corrected chi connectivity index (χ2v) is 6.54. The number of ether oxygens (including phenoxy) is 1. The molecule has 1 aliphatic heterocycles. The summed E-state index contributed by atoms with van der Waals surface area (Å²) >= 11 is 0. The van der Waals surface area contributed by atoms with E-state index < -0.39 is 0 Å².